The maximum Gasteiger partial charge on any atom is 0.0235 e. The quantitative estimate of drug-likeness (QED) is 0.430. The van der Waals surface area contributed by atoms with E-state index >= 15 is 0 Å². The second-order valence-electron chi connectivity index (χ2n) is 5.01. The molecule has 0 aromatic heterocycles. The van der Waals surface area contributed by atoms with Gasteiger partial charge >= 0.3 is 0 Å². The zero-order valence-electron chi connectivity index (χ0n) is 11.9. The third kappa shape index (κ3) is 12.0. The molecule has 0 saturated heterocycles. The Morgan fingerprint density at radius 2 is 1.76 bits per heavy atom. The van der Waals surface area contributed by atoms with E-state index in [2.05, 4.69) is 44.9 Å². The number of hydrogen-bond donors (Lipinski definition) is 0. The maximum atomic E-state index is 5.67. The molecule has 0 aromatic carbocycles. The molecule has 0 aromatic rings. The molecule has 0 aliphatic rings. The molecule has 2 heteroatoms. The lowest BCUT2D eigenvalue weighted by atomic mass is 10.1. The van der Waals surface area contributed by atoms with Crippen LogP contribution in [0.15, 0.2) is 23.3 Å². The van der Waals surface area contributed by atoms with Gasteiger partial charge in [0, 0.05) is 12.4 Å². The van der Waals surface area contributed by atoms with Crippen molar-refractivity contribution >= 4 is 11.6 Å². The fraction of sp³-hybridized carbons (Fsp3) is 0.733. The molecule has 0 saturated carbocycles. The van der Waals surface area contributed by atoms with Gasteiger partial charge < -0.3 is 4.90 Å². The first kappa shape index (κ1) is 16.7. The summed E-state index contributed by atoms with van der Waals surface area (Å²) < 4.78 is 0. The number of allylic oxidation sites excluding steroid dienone is 3. The number of hydrogen-bond acceptors (Lipinski definition) is 1. The van der Waals surface area contributed by atoms with Crippen molar-refractivity contribution in [2.24, 2.45) is 0 Å². The summed E-state index contributed by atoms with van der Waals surface area (Å²) in [6, 6.07) is 0. The molecule has 0 aliphatic carbocycles. The Balaban J connectivity index is 3.65. The summed E-state index contributed by atoms with van der Waals surface area (Å²) >= 11 is 5.67. The molecular weight excluding hydrogens is 230 g/mol. The molecule has 0 heterocycles. The van der Waals surface area contributed by atoms with Crippen LogP contribution in [0.1, 0.15) is 46.5 Å². The van der Waals surface area contributed by atoms with Crippen LogP contribution in [0.4, 0.5) is 0 Å². The third-order valence-electron chi connectivity index (χ3n) is 2.77. The van der Waals surface area contributed by atoms with Crippen LogP contribution < -0.4 is 0 Å². The van der Waals surface area contributed by atoms with E-state index in [0.29, 0.717) is 0 Å². The standard InChI is InChI=1S/C15H28ClN/c1-14(2)8-5-9-15(3)10-6-12-17(4)13-7-11-16/h8,10H,5-7,9,11-13H2,1-4H3. The molecule has 0 radical (unpaired) electrons. The number of rotatable bonds is 9. The highest BCUT2D eigenvalue weighted by molar-refractivity contribution is 6.17. The van der Waals surface area contributed by atoms with Crippen LogP contribution in [0.25, 0.3) is 0 Å². The first-order valence-electron chi connectivity index (χ1n) is 6.59. The normalized spacial score (nSPS) is 12.0. The zero-order valence-corrected chi connectivity index (χ0v) is 12.7. The topological polar surface area (TPSA) is 3.24 Å². The van der Waals surface area contributed by atoms with Gasteiger partial charge in [-0.3, -0.25) is 0 Å². The van der Waals surface area contributed by atoms with Crippen LogP contribution in [-0.4, -0.2) is 30.9 Å². The lowest BCUT2D eigenvalue weighted by Crippen LogP contribution is -2.20. The van der Waals surface area contributed by atoms with Gasteiger partial charge in [0.05, 0.1) is 0 Å². The summed E-state index contributed by atoms with van der Waals surface area (Å²) in [6.07, 6.45) is 9.28. The molecule has 100 valence electrons. The van der Waals surface area contributed by atoms with Crippen molar-refractivity contribution in [3.63, 3.8) is 0 Å². The first-order valence-corrected chi connectivity index (χ1v) is 7.13. The van der Waals surface area contributed by atoms with Gasteiger partial charge in [-0.25, -0.2) is 0 Å². The van der Waals surface area contributed by atoms with Gasteiger partial charge in [-0.15, -0.1) is 11.6 Å². The second-order valence-corrected chi connectivity index (χ2v) is 5.38. The molecule has 0 rings (SSSR count). The summed E-state index contributed by atoms with van der Waals surface area (Å²) in [5, 5.41) is 0. The minimum atomic E-state index is 0.766. The smallest absolute Gasteiger partial charge is 0.0235 e. The fourth-order valence-electron chi connectivity index (χ4n) is 1.66. The van der Waals surface area contributed by atoms with Crippen LogP contribution in [-0.2, 0) is 0 Å². The van der Waals surface area contributed by atoms with Gasteiger partial charge in [0.1, 0.15) is 0 Å². The van der Waals surface area contributed by atoms with Crippen molar-refractivity contribution < 1.29 is 0 Å². The molecule has 0 spiro atoms. The highest BCUT2D eigenvalue weighted by atomic mass is 35.5. The lowest BCUT2D eigenvalue weighted by Gasteiger charge is -2.14. The molecular formula is C15H28ClN. The van der Waals surface area contributed by atoms with Gasteiger partial charge in [-0.2, -0.15) is 0 Å². The lowest BCUT2D eigenvalue weighted by molar-refractivity contribution is 0.342. The van der Waals surface area contributed by atoms with Crippen LogP contribution in [0.5, 0.6) is 0 Å². The molecule has 0 N–H and O–H groups in total. The molecule has 0 atom stereocenters. The van der Waals surface area contributed by atoms with Crippen LogP contribution >= 0.6 is 11.6 Å². The van der Waals surface area contributed by atoms with Crippen molar-refractivity contribution in [2.75, 3.05) is 26.0 Å². The summed E-state index contributed by atoms with van der Waals surface area (Å²) in [5.74, 6) is 0.766. The Kier molecular flexibility index (Phi) is 10.7. The largest absolute Gasteiger partial charge is 0.306 e. The van der Waals surface area contributed by atoms with E-state index in [0.717, 1.165) is 31.8 Å². The SMILES string of the molecule is CC(C)=CCCC(C)=CCCN(C)CCCCl. The van der Waals surface area contributed by atoms with E-state index in [1.165, 1.54) is 24.0 Å². The average molecular weight is 258 g/mol. The van der Waals surface area contributed by atoms with Crippen molar-refractivity contribution in [1.29, 1.82) is 0 Å². The predicted molar refractivity (Wildman–Crippen MR) is 79.9 cm³/mol. The Bertz CT molecular complexity index is 239. The van der Waals surface area contributed by atoms with Crippen LogP contribution in [0.3, 0.4) is 0 Å². The maximum absolute atomic E-state index is 5.67. The van der Waals surface area contributed by atoms with Gasteiger partial charge in [-0.1, -0.05) is 23.3 Å². The number of halogens is 1. The third-order valence-corrected chi connectivity index (χ3v) is 3.04. The minimum absolute atomic E-state index is 0.766. The Labute approximate surface area is 113 Å². The molecule has 1 nitrogen and oxygen atoms in total. The van der Waals surface area contributed by atoms with E-state index in [4.69, 9.17) is 11.6 Å². The highest BCUT2D eigenvalue weighted by Gasteiger charge is 1.96. The molecule has 0 bridgehead atoms. The molecule has 0 unspecified atom stereocenters. The zero-order chi connectivity index (χ0) is 13.1. The van der Waals surface area contributed by atoms with E-state index in [1.807, 2.05) is 0 Å². The van der Waals surface area contributed by atoms with Gasteiger partial charge in [0.2, 0.25) is 0 Å². The summed E-state index contributed by atoms with van der Waals surface area (Å²) in [4.78, 5) is 2.35. The van der Waals surface area contributed by atoms with Gasteiger partial charge in [-0.05, 0) is 60.0 Å². The number of alkyl halides is 1. The Morgan fingerprint density at radius 3 is 2.35 bits per heavy atom. The monoisotopic (exact) mass is 257 g/mol. The Morgan fingerprint density at radius 1 is 1.06 bits per heavy atom. The van der Waals surface area contributed by atoms with E-state index in [9.17, 15) is 0 Å². The van der Waals surface area contributed by atoms with Crippen LogP contribution in [0, 0.1) is 0 Å². The first-order chi connectivity index (χ1) is 8.06. The second kappa shape index (κ2) is 10.9. The van der Waals surface area contributed by atoms with Crippen molar-refractivity contribution in [1.82, 2.24) is 4.90 Å². The molecule has 0 fully saturated rings. The number of nitrogens with zero attached hydrogens (tertiary/aromatic N) is 1. The predicted octanol–water partition coefficient (Wildman–Crippen LogP) is 4.63. The average Bonchev–Trinajstić information content (AvgIpc) is 2.25. The van der Waals surface area contributed by atoms with Crippen molar-refractivity contribution in [2.45, 2.75) is 46.5 Å². The minimum Gasteiger partial charge on any atom is -0.306 e. The van der Waals surface area contributed by atoms with Gasteiger partial charge in [0.15, 0.2) is 0 Å². The summed E-state index contributed by atoms with van der Waals surface area (Å²) in [5.41, 5.74) is 2.92. The van der Waals surface area contributed by atoms with E-state index in [-0.39, 0.29) is 0 Å². The van der Waals surface area contributed by atoms with E-state index < -0.39 is 0 Å². The Hall–Kier alpha value is -0.270. The molecule has 17 heavy (non-hydrogen) atoms. The summed E-state index contributed by atoms with van der Waals surface area (Å²) in [6.45, 7) is 8.79. The van der Waals surface area contributed by atoms with Crippen molar-refractivity contribution in [3.8, 4) is 0 Å². The molecule has 0 aliphatic heterocycles. The summed E-state index contributed by atoms with van der Waals surface area (Å²) in [7, 11) is 2.17. The van der Waals surface area contributed by atoms with Crippen molar-refractivity contribution in [3.05, 3.63) is 23.3 Å². The van der Waals surface area contributed by atoms with E-state index in [1.54, 1.807) is 0 Å². The molecule has 0 amide bonds. The fourth-order valence-corrected chi connectivity index (χ4v) is 1.78. The van der Waals surface area contributed by atoms with Crippen LogP contribution in [0.2, 0.25) is 0 Å². The van der Waals surface area contributed by atoms with Gasteiger partial charge in [0.25, 0.3) is 0 Å². The highest BCUT2D eigenvalue weighted by Crippen LogP contribution is 2.07.